The molecule has 0 saturated heterocycles. The van der Waals surface area contributed by atoms with Gasteiger partial charge in [-0.3, -0.25) is 0 Å². The van der Waals surface area contributed by atoms with E-state index in [9.17, 15) is 18.3 Å². The molecule has 0 radical (unpaired) electrons. The number of aromatic nitrogens is 1. The second-order valence-corrected chi connectivity index (χ2v) is 5.50. The van der Waals surface area contributed by atoms with Crippen molar-refractivity contribution in [2.24, 2.45) is 0 Å². The number of aryl methyl sites for hydroxylation is 1. The van der Waals surface area contributed by atoms with Crippen molar-refractivity contribution in [2.45, 2.75) is 25.6 Å². The van der Waals surface area contributed by atoms with Crippen molar-refractivity contribution in [3.8, 4) is 0 Å². The van der Waals surface area contributed by atoms with Crippen LogP contribution in [0.15, 0.2) is 28.8 Å². The SMILES string of the molecule is Cc1ccc(C(C)(O)CNc2ncc(C(F)(F)F)cc2Cl)o1. The minimum Gasteiger partial charge on any atom is -0.463 e. The average molecular weight is 335 g/mol. The van der Waals surface area contributed by atoms with E-state index in [2.05, 4.69) is 10.3 Å². The van der Waals surface area contributed by atoms with E-state index >= 15 is 0 Å². The summed E-state index contributed by atoms with van der Waals surface area (Å²) < 4.78 is 42.9. The average Bonchev–Trinajstić information content (AvgIpc) is 2.84. The van der Waals surface area contributed by atoms with E-state index in [1.807, 2.05) is 0 Å². The van der Waals surface area contributed by atoms with Crippen LogP contribution in [-0.4, -0.2) is 16.6 Å². The number of hydrogen-bond donors (Lipinski definition) is 2. The fraction of sp³-hybridized carbons (Fsp3) is 0.357. The van der Waals surface area contributed by atoms with E-state index in [-0.39, 0.29) is 17.4 Å². The molecule has 2 aromatic rings. The number of furan rings is 1. The van der Waals surface area contributed by atoms with Gasteiger partial charge in [0.2, 0.25) is 0 Å². The molecule has 2 rings (SSSR count). The minimum absolute atomic E-state index is 0.0297. The van der Waals surface area contributed by atoms with Crippen LogP contribution in [0.2, 0.25) is 5.02 Å². The Morgan fingerprint density at radius 1 is 1.36 bits per heavy atom. The summed E-state index contributed by atoms with van der Waals surface area (Å²) in [4.78, 5) is 3.64. The largest absolute Gasteiger partial charge is 0.463 e. The zero-order valence-corrected chi connectivity index (χ0v) is 12.6. The predicted octanol–water partition coefficient (Wildman–Crippen LogP) is 3.97. The quantitative estimate of drug-likeness (QED) is 0.888. The van der Waals surface area contributed by atoms with Gasteiger partial charge in [0, 0.05) is 6.20 Å². The number of hydrogen-bond acceptors (Lipinski definition) is 4. The highest BCUT2D eigenvalue weighted by Gasteiger charge is 2.32. The lowest BCUT2D eigenvalue weighted by Crippen LogP contribution is -2.30. The molecule has 0 spiro atoms. The summed E-state index contributed by atoms with van der Waals surface area (Å²) in [5.41, 5.74) is -2.29. The molecule has 0 bridgehead atoms. The third kappa shape index (κ3) is 3.72. The Morgan fingerprint density at radius 2 is 2.05 bits per heavy atom. The lowest BCUT2D eigenvalue weighted by molar-refractivity contribution is -0.137. The van der Waals surface area contributed by atoms with Crippen molar-refractivity contribution in [3.63, 3.8) is 0 Å². The van der Waals surface area contributed by atoms with Crippen molar-refractivity contribution in [2.75, 3.05) is 11.9 Å². The molecule has 4 nitrogen and oxygen atoms in total. The Morgan fingerprint density at radius 3 is 2.55 bits per heavy atom. The van der Waals surface area contributed by atoms with Crippen LogP contribution < -0.4 is 5.32 Å². The van der Waals surface area contributed by atoms with E-state index in [0.717, 1.165) is 6.07 Å². The molecule has 120 valence electrons. The fourth-order valence-electron chi connectivity index (χ4n) is 1.79. The number of alkyl halides is 3. The standard InChI is InChI=1S/C14H14ClF3N2O2/c1-8-3-4-11(22-8)13(2,21)7-20-12-10(15)5-9(6-19-12)14(16,17)18/h3-6,21H,7H2,1-2H3,(H,19,20). The first-order chi connectivity index (χ1) is 10.1. The van der Waals surface area contributed by atoms with Crippen LogP contribution in [-0.2, 0) is 11.8 Å². The molecule has 0 aliphatic heterocycles. The number of halogens is 4. The van der Waals surface area contributed by atoms with Gasteiger partial charge in [0.05, 0.1) is 17.1 Å². The molecular weight excluding hydrogens is 321 g/mol. The first-order valence-corrected chi connectivity index (χ1v) is 6.73. The van der Waals surface area contributed by atoms with Gasteiger partial charge in [-0.1, -0.05) is 11.6 Å². The number of nitrogens with one attached hydrogen (secondary N) is 1. The van der Waals surface area contributed by atoms with Gasteiger partial charge in [-0.15, -0.1) is 0 Å². The fourth-order valence-corrected chi connectivity index (χ4v) is 2.02. The minimum atomic E-state index is -4.51. The lowest BCUT2D eigenvalue weighted by atomic mass is 10.0. The Kier molecular flexibility index (Phi) is 4.39. The van der Waals surface area contributed by atoms with Crippen molar-refractivity contribution in [1.82, 2.24) is 4.98 Å². The molecule has 8 heteroatoms. The molecule has 0 aromatic carbocycles. The first kappa shape index (κ1) is 16.6. The molecular formula is C14H14ClF3N2O2. The van der Waals surface area contributed by atoms with Crippen molar-refractivity contribution in [3.05, 3.63) is 46.5 Å². The maximum absolute atomic E-state index is 12.5. The molecule has 1 atom stereocenters. The van der Waals surface area contributed by atoms with Gasteiger partial charge >= 0.3 is 6.18 Å². The van der Waals surface area contributed by atoms with Gasteiger partial charge in [-0.05, 0) is 32.0 Å². The van der Waals surface area contributed by atoms with E-state index in [0.29, 0.717) is 17.7 Å². The van der Waals surface area contributed by atoms with Gasteiger partial charge in [0.1, 0.15) is 22.9 Å². The zero-order chi connectivity index (χ0) is 16.5. The summed E-state index contributed by atoms with van der Waals surface area (Å²) in [5, 5.41) is 12.9. The summed E-state index contributed by atoms with van der Waals surface area (Å²) in [7, 11) is 0. The number of nitrogens with zero attached hydrogens (tertiary/aromatic N) is 1. The van der Waals surface area contributed by atoms with Crippen LogP contribution in [0.5, 0.6) is 0 Å². The van der Waals surface area contributed by atoms with Gasteiger partial charge in [-0.25, -0.2) is 4.98 Å². The molecule has 22 heavy (non-hydrogen) atoms. The van der Waals surface area contributed by atoms with Crippen LogP contribution in [0.1, 0.15) is 24.0 Å². The number of rotatable bonds is 4. The Bertz CT molecular complexity index is 668. The van der Waals surface area contributed by atoms with Crippen LogP contribution in [0.25, 0.3) is 0 Å². The van der Waals surface area contributed by atoms with Crippen LogP contribution in [0, 0.1) is 6.92 Å². The normalized spacial score (nSPS) is 14.7. The first-order valence-electron chi connectivity index (χ1n) is 6.35. The Labute approximate surface area is 129 Å². The van der Waals surface area contributed by atoms with Gasteiger partial charge in [0.15, 0.2) is 0 Å². The maximum Gasteiger partial charge on any atom is 0.417 e. The summed E-state index contributed by atoms with van der Waals surface area (Å²) >= 11 is 5.78. The predicted molar refractivity (Wildman–Crippen MR) is 75.8 cm³/mol. The zero-order valence-electron chi connectivity index (χ0n) is 11.8. The molecule has 0 fully saturated rings. The van der Waals surface area contributed by atoms with Crippen LogP contribution in [0.3, 0.4) is 0 Å². The highest BCUT2D eigenvalue weighted by molar-refractivity contribution is 6.32. The van der Waals surface area contributed by atoms with Crippen molar-refractivity contribution >= 4 is 17.4 Å². The molecule has 2 N–H and O–H groups in total. The molecule has 2 heterocycles. The Hall–Kier alpha value is -1.73. The summed E-state index contributed by atoms with van der Waals surface area (Å²) in [6.45, 7) is 3.22. The number of aliphatic hydroxyl groups is 1. The third-order valence-corrected chi connectivity index (χ3v) is 3.33. The molecule has 0 aliphatic rings. The van der Waals surface area contributed by atoms with Crippen molar-refractivity contribution in [1.29, 1.82) is 0 Å². The Balaban J connectivity index is 2.11. The maximum atomic E-state index is 12.5. The molecule has 0 aliphatic carbocycles. The highest BCUT2D eigenvalue weighted by Crippen LogP contribution is 2.32. The van der Waals surface area contributed by atoms with Gasteiger partial charge < -0.3 is 14.8 Å². The van der Waals surface area contributed by atoms with Crippen LogP contribution >= 0.6 is 11.6 Å². The number of pyridine rings is 1. The molecule has 0 amide bonds. The van der Waals surface area contributed by atoms with Crippen molar-refractivity contribution < 1.29 is 22.7 Å². The molecule has 0 saturated carbocycles. The monoisotopic (exact) mass is 334 g/mol. The van der Waals surface area contributed by atoms with Gasteiger partial charge in [-0.2, -0.15) is 13.2 Å². The topological polar surface area (TPSA) is 58.3 Å². The second kappa shape index (κ2) is 5.81. The summed E-state index contributed by atoms with van der Waals surface area (Å²) in [6, 6.07) is 4.11. The smallest absolute Gasteiger partial charge is 0.417 e. The number of anilines is 1. The van der Waals surface area contributed by atoms with E-state index in [4.69, 9.17) is 16.0 Å². The second-order valence-electron chi connectivity index (χ2n) is 5.09. The third-order valence-electron chi connectivity index (χ3n) is 3.04. The van der Waals surface area contributed by atoms with E-state index in [1.165, 1.54) is 6.92 Å². The van der Waals surface area contributed by atoms with Crippen LogP contribution in [0.4, 0.5) is 19.0 Å². The van der Waals surface area contributed by atoms with Gasteiger partial charge in [0.25, 0.3) is 0 Å². The molecule has 2 aromatic heterocycles. The van der Waals surface area contributed by atoms with E-state index in [1.54, 1.807) is 19.1 Å². The highest BCUT2D eigenvalue weighted by atomic mass is 35.5. The molecule has 1 unspecified atom stereocenters. The summed E-state index contributed by atoms with van der Waals surface area (Å²) in [6.07, 6.45) is -3.83. The lowest BCUT2D eigenvalue weighted by Gasteiger charge is -2.22. The van der Waals surface area contributed by atoms with E-state index < -0.39 is 17.3 Å². The summed E-state index contributed by atoms with van der Waals surface area (Å²) in [5.74, 6) is 1.03.